The number of amides is 1. The fourth-order valence-electron chi connectivity index (χ4n) is 3.39. The molecule has 2 aliphatic heterocycles. The summed E-state index contributed by atoms with van der Waals surface area (Å²) < 4.78 is 25.0. The molecule has 1 aromatic carbocycles. The number of hydrogen-bond donors (Lipinski definition) is 2. The number of halogens is 1. The number of hydrazine groups is 2. The Hall–Kier alpha value is -3.77. The van der Waals surface area contributed by atoms with Gasteiger partial charge in [-0.05, 0) is 24.3 Å². The summed E-state index contributed by atoms with van der Waals surface area (Å²) in [6.45, 7) is 0.0724. The number of benzene rings is 1. The molecular formula is C20H23FN7O4+. The normalized spacial score (nSPS) is 18.1. The summed E-state index contributed by atoms with van der Waals surface area (Å²) in [4.78, 5) is 29.1. The Morgan fingerprint density at radius 3 is 2.78 bits per heavy atom. The van der Waals surface area contributed by atoms with Crippen molar-refractivity contribution in [1.82, 2.24) is 20.6 Å². The van der Waals surface area contributed by atoms with Crippen LogP contribution < -0.4 is 16.2 Å². The van der Waals surface area contributed by atoms with Gasteiger partial charge in [0.15, 0.2) is 18.5 Å². The number of hydrazone groups is 1. The summed E-state index contributed by atoms with van der Waals surface area (Å²) >= 11 is 0. The molecule has 32 heavy (non-hydrogen) atoms. The van der Waals surface area contributed by atoms with Gasteiger partial charge >= 0.3 is 12.1 Å². The zero-order valence-electron chi connectivity index (χ0n) is 17.6. The third-order valence-corrected chi connectivity index (χ3v) is 4.93. The van der Waals surface area contributed by atoms with E-state index < -0.39 is 24.0 Å². The molecule has 3 heterocycles. The van der Waals surface area contributed by atoms with Crippen molar-refractivity contribution in [2.45, 2.75) is 6.10 Å². The van der Waals surface area contributed by atoms with Crippen molar-refractivity contribution in [3.05, 3.63) is 48.0 Å². The van der Waals surface area contributed by atoms with Crippen LogP contribution in [0.5, 0.6) is 0 Å². The van der Waals surface area contributed by atoms with E-state index in [1.54, 1.807) is 47.6 Å². The molecule has 0 aliphatic carbocycles. The maximum absolute atomic E-state index is 14.9. The topological polar surface area (TPSA) is 127 Å². The van der Waals surface area contributed by atoms with E-state index in [-0.39, 0.29) is 19.7 Å². The SMILES string of the molecule is CN1N=C(c2ccc(-c3ccc(N4CC(COC(=O)C[NH3+])OC4=O)cc3F)cn2)N(C)N1. The van der Waals surface area contributed by atoms with Crippen LogP contribution in [0, 0.1) is 5.82 Å². The van der Waals surface area contributed by atoms with Crippen LogP contribution in [0.15, 0.2) is 41.6 Å². The molecule has 1 aromatic heterocycles. The Morgan fingerprint density at radius 2 is 2.16 bits per heavy atom. The van der Waals surface area contributed by atoms with Crippen molar-refractivity contribution in [2.24, 2.45) is 5.10 Å². The summed E-state index contributed by atoms with van der Waals surface area (Å²) in [5.41, 5.74) is 8.32. The lowest BCUT2D eigenvalue weighted by atomic mass is 10.1. The van der Waals surface area contributed by atoms with Crippen LogP contribution in [0.4, 0.5) is 14.9 Å². The number of carbonyl (C=O) groups excluding carboxylic acids is 2. The van der Waals surface area contributed by atoms with E-state index >= 15 is 0 Å². The number of nitrogens with zero attached hydrogens (tertiary/aromatic N) is 5. The number of pyridine rings is 1. The predicted octanol–water partition coefficient (Wildman–Crippen LogP) is -0.0436. The van der Waals surface area contributed by atoms with Gasteiger partial charge in [-0.15, -0.1) is 10.6 Å². The molecule has 1 amide bonds. The van der Waals surface area contributed by atoms with Gasteiger partial charge in [0.05, 0.1) is 12.2 Å². The number of nitrogens with one attached hydrogen (secondary N) is 1. The molecule has 1 atom stereocenters. The number of amidine groups is 1. The van der Waals surface area contributed by atoms with Crippen molar-refractivity contribution in [2.75, 3.05) is 38.7 Å². The molecule has 0 saturated carbocycles. The van der Waals surface area contributed by atoms with E-state index in [1.165, 1.54) is 11.0 Å². The molecule has 4 N–H and O–H groups in total. The molecule has 0 bridgehead atoms. The minimum Gasteiger partial charge on any atom is -0.458 e. The van der Waals surface area contributed by atoms with Crippen LogP contribution in [0.25, 0.3) is 11.1 Å². The molecule has 11 nitrogen and oxygen atoms in total. The van der Waals surface area contributed by atoms with Gasteiger partial charge in [-0.25, -0.2) is 19.1 Å². The van der Waals surface area contributed by atoms with E-state index in [4.69, 9.17) is 9.47 Å². The summed E-state index contributed by atoms with van der Waals surface area (Å²) in [5, 5.41) is 7.58. The van der Waals surface area contributed by atoms with Crippen molar-refractivity contribution < 1.29 is 29.2 Å². The third kappa shape index (κ3) is 4.31. The first-order valence-corrected chi connectivity index (χ1v) is 9.87. The lowest BCUT2D eigenvalue weighted by Gasteiger charge is -2.15. The largest absolute Gasteiger partial charge is 0.458 e. The van der Waals surface area contributed by atoms with E-state index in [0.717, 1.165) is 0 Å². The Balaban J connectivity index is 1.47. The number of hydrogen-bond acceptors (Lipinski definition) is 9. The zero-order chi connectivity index (χ0) is 22.8. The maximum Gasteiger partial charge on any atom is 0.414 e. The highest BCUT2D eigenvalue weighted by Crippen LogP contribution is 2.29. The molecule has 0 radical (unpaired) electrons. The zero-order valence-corrected chi connectivity index (χ0v) is 17.6. The van der Waals surface area contributed by atoms with Crippen LogP contribution >= 0.6 is 0 Å². The van der Waals surface area contributed by atoms with E-state index in [9.17, 15) is 14.0 Å². The number of esters is 1. The van der Waals surface area contributed by atoms with Crippen LogP contribution in [-0.2, 0) is 14.3 Å². The van der Waals surface area contributed by atoms with Gasteiger partial charge < -0.3 is 15.2 Å². The second-order valence-corrected chi connectivity index (χ2v) is 7.25. The minimum atomic E-state index is -0.626. The molecular weight excluding hydrogens is 421 g/mol. The summed E-state index contributed by atoms with van der Waals surface area (Å²) in [5.74, 6) is -0.351. The lowest BCUT2D eigenvalue weighted by molar-refractivity contribution is -0.359. The standard InChI is InChI=1S/C20H22FN7O4/c1-26-19(24-27(2)25-26)17-6-3-12(9-23-17)15-5-4-13(7-16(15)21)28-10-14(32-20(28)30)11-31-18(29)8-22/h3-7,9,14,25H,8,10-11,22H2,1-2H3/p+1. The van der Waals surface area contributed by atoms with Gasteiger partial charge in [-0.2, -0.15) is 0 Å². The van der Waals surface area contributed by atoms with Gasteiger partial charge in [-0.1, -0.05) is 6.07 Å². The molecule has 1 saturated heterocycles. The molecule has 2 aliphatic rings. The highest BCUT2D eigenvalue weighted by molar-refractivity contribution is 5.97. The van der Waals surface area contributed by atoms with Crippen molar-refractivity contribution in [1.29, 1.82) is 0 Å². The van der Waals surface area contributed by atoms with Gasteiger partial charge in [-0.3, -0.25) is 14.9 Å². The highest BCUT2D eigenvalue weighted by atomic mass is 19.1. The van der Waals surface area contributed by atoms with Crippen LogP contribution in [-0.4, -0.2) is 72.9 Å². The van der Waals surface area contributed by atoms with E-state index in [0.29, 0.717) is 28.3 Å². The molecule has 4 rings (SSSR count). The minimum absolute atomic E-state index is 0.00829. The fourth-order valence-corrected chi connectivity index (χ4v) is 3.39. The number of rotatable bonds is 6. The number of carbonyl (C=O) groups is 2. The fraction of sp³-hybridized carbons (Fsp3) is 0.300. The van der Waals surface area contributed by atoms with Gasteiger partial charge in [0.2, 0.25) is 0 Å². The van der Waals surface area contributed by atoms with Gasteiger partial charge in [0, 0.05) is 31.4 Å². The molecule has 2 aromatic rings. The Labute approximate surface area is 183 Å². The molecule has 1 unspecified atom stereocenters. The van der Waals surface area contributed by atoms with Crippen LogP contribution in [0.3, 0.4) is 0 Å². The summed E-state index contributed by atoms with van der Waals surface area (Å²) in [6, 6.07) is 7.99. The van der Waals surface area contributed by atoms with Crippen LogP contribution in [0.2, 0.25) is 0 Å². The van der Waals surface area contributed by atoms with Gasteiger partial charge in [0.25, 0.3) is 0 Å². The predicted molar refractivity (Wildman–Crippen MR) is 111 cm³/mol. The number of anilines is 1. The average Bonchev–Trinajstić information content (AvgIpc) is 3.32. The summed E-state index contributed by atoms with van der Waals surface area (Å²) in [7, 11) is 3.58. The first kappa shape index (κ1) is 21.5. The first-order chi connectivity index (χ1) is 15.4. The van der Waals surface area contributed by atoms with E-state index in [1.807, 2.05) is 7.05 Å². The second-order valence-electron chi connectivity index (χ2n) is 7.25. The Morgan fingerprint density at radius 1 is 1.34 bits per heavy atom. The van der Waals surface area contributed by atoms with Crippen molar-refractivity contribution in [3.8, 4) is 11.1 Å². The maximum atomic E-state index is 14.9. The monoisotopic (exact) mass is 444 g/mol. The van der Waals surface area contributed by atoms with Gasteiger partial charge in [0.1, 0.15) is 18.1 Å². The third-order valence-electron chi connectivity index (χ3n) is 4.93. The van der Waals surface area contributed by atoms with Crippen LogP contribution in [0.1, 0.15) is 5.69 Å². The number of cyclic esters (lactones) is 1. The average molecular weight is 444 g/mol. The summed E-state index contributed by atoms with van der Waals surface area (Å²) in [6.07, 6.45) is 0.320. The van der Waals surface area contributed by atoms with Crippen molar-refractivity contribution in [3.63, 3.8) is 0 Å². The molecule has 1 fully saturated rings. The lowest BCUT2D eigenvalue weighted by Crippen LogP contribution is -2.54. The number of aromatic nitrogens is 1. The second kappa shape index (κ2) is 8.77. The Kier molecular flexibility index (Phi) is 5.88. The molecule has 0 spiro atoms. The molecule has 12 heteroatoms. The molecule has 168 valence electrons. The number of quaternary nitrogens is 1. The first-order valence-electron chi connectivity index (χ1n) is 9.87. The quantitative estimate of drug-likeness (QED) is 0.594. The Bertz CT molecular complexity index is 1060. The van der Waals surface area contributed by atoms with E-state index in [2.05, 4.69) is 21.4 Å². The smallest absolute Gasteiger partial charge is 0.414 e. The van der Waals surface area contributed by atoms with Crippen molar-refractivity contribution >= 4 is 23.6 Å². The number of ether oxygens (including phenoxy) is 2. The highest BCUT2D eigenvalue weighted by Gasteiger charge is 2.33.